The molecule has 0 fully saturated rings. The average molecular weight is 454 g/mol. The van der Waals surface area contributed by atoms with E-state index in [9.17, 15) is 22.8 Å². The number of aliphatic hydroxyl groups is 1. The van der Waals surface area contributed by atoms with Crippen molar-refractivity contribution in [2.75, 3.05) is 0 Å². The Labute approximate surface area is 175 Å². The first-order chi connectivity index (χ1) is 14.6. The van der Waals surface area contributed by atoms with Gasteiger partial charge in [-0.1, -0.05) is 11.6 Å². The lowest BCUT2D eigenvalue weighted by molar-refractivity contribution is -0.142. The summed E-state index contributed by atoms with van der Waals surface area (Å²) >= 11 is 5.81. The van der Waals surface area contributed by atoms with E-state index in [1.165, 1.54) is 12.1 Å². The van der Waals surface area contributed by atoms with Gasteiger partial charge in [-0.2, -0.15) is 23.5 Å². The number of aliphatic hydroxyl groups excluding tert-OH is 1. The summed E-state index contributed by atoms with van der Waals surface area (Å²) in [6.07, 6.45) is -5.43. The molecule has 0 saturated heterocycles. The van der Waals surface area contributed by atoms with Crippen molar-refractivity contribution in [1.82, 2.24) is 20.2 Å². The summed E-state index contributed by atoms with van der Waals surface area (Å²) in [5.74, 6) is -1.80. The lowest BCUT2D eigenvalue weighted by atomic mass is 10.2. The Balaban J connectivity index is 2.04. The first kappa shape index (κ1) is 22.0. The van der Waals surface area contributed by atoms with E-state index in [1.54, 1.807) is 6.07 Å². The number of hydrogen-bond acceptors (Lipinski definition) is 7. The zero-order valence-corrected chi connectivity index (χ0v) is 16.0. The Morgan fingerprint density at radius 2 is 1.94 bits per heavy atom. The number of ether oxygens (including phenoxy) is 1. The van der Waals surface area contributed by atoms with Crippen LogP contribution in [0.1, 0.15) is 28.3 Å². The Kier molecular flexibility index (Phi) is 6.09. The number of hydrogen-bond donors (Lipinski definition) is 3. The maximum absolute atomic E-state index is 13.6. The van der Waals surface area contributed by atoms with E-state index in [0.717, 1.165) is 12.1 Å². The van der Waals surface area contributed by atoms with Gasteiger partial charge in [-0.15, -0.1) is 0 Å². The van der Waals surface area contributed by atoms with Crippen LogP contribution in [0.2, 0.25) is 5.02 Å². The van der Waals surface area contributed by atoms with Gasteiger partial charge in [0, 0.05) is 17.0 Å². The minimum Gasteiger partial charge on any atom is -0.449 e. The molecule has 31 heavy (non-hydrogen) atoms. The molecule has 0 atom stereocenters. The maximum atomic E-state index is 13.6. The molecule has 2 aromatic heterocycles. The van der Waals surface area contributed by atoms with E-state index in [2.05, 4.69) is 20.2 Å². The molecule has 0 unspecified atom stereocenters. The van der Waals surface area contributed by atoms with Gasteiger partial charge in [0.05, 0.1) is 23.9 Å². The van der Waals surface area contributed by atoms with Gasteiger partial charge in [-0.25, -0.2) is 10.1 Å². The third-order valence-electron chi connectivity index (χ3n) is 3.87. The van der Waals surface area contributed by atoms with Crippen LogP contribution in [0.15, 0.2) is 33.9 Å². The molecule has 0 spiro atoms. The molecule has 0 saturated carbocycles. The van der Waals surface area contributed by atoms with Gasteiger partial charge in [0.25, 0.3) is 11.1 Å². The van der Waals surface area contributed by atoms with Gasteiger partial charge < -0.3 is 14.8 Å². The second-order valence-corrected chi connectivity index (χ2v) is 6.56. The van der Waals surface area contributed by atoms with E-state index in [1.807, 2.05) is 0 Å². The van der Waals surface area contributed by atoms with Crippen molar-refractivity contribution < 1.29 is 23.0 Å². The average Bonchev–Trinajstić information content (AvgIpc) is 2.70. The molecule has 3 N–H and O–H groups in total. The Morgan fingerprint density at radius 1 is 1.19 bits per heavy atom. The molecule has 0 aliphatic heterocycles. The fourth-order valence-electron chi connectivity index (χ4n) is 2.56. The number of halogens is 4. The van der Waals surface area contributed by atoms with Crippen molar-refractivity contribution in [1.29, 1.82) is 5.26 Å². The monoisotopic (exact) mass is 453 g/mol. The predicted molar refractivity (Wildman–Crippen MR) is 99.7 cm³/mol. The van der Waals surface area contributed by atoms with Gasteiger partial charge in [0.1, 0.15) is 11.6 Å². The third-order valence-corrected chi connectivity index (χ3v) is 4.09. The third kappa shape index (κ3) is 5.08. The number of rotatable bonds is 5. The molecule has 9 nitrogen and oxygen atoms in total. The number of nitrogens with zero attached hydrogens (tertiary/aromatic N) is 3. The minimum atomic E-state index is -5.05. The van der Waals surface area contributed by atoms with Crippen molar-refractivity contribution in [3.63, 3.8) is 0 Å². The summed E-state index contributed by atoms with van der Waals surface area (Å²) in [5, 5.41) is 23.8. The summed E-state index contributed by atoms with van der Waals surface area (Å²) in [5.41, 5.74) is -3.48. The van der Waals surface area contributed by atoms with Crippen molar-refractivity contribution in [2.24, 2.45) is 0 Å². The van der Waals surface area contributed by atoms with E-state index < -0.39 is 41.2 Å². The number of nitriles is 1. The van der Waals surface area contributed by atoms with Crippen molar-refractivity contribution >= 4 is 11.6 Å². The molecular weight excluding hydrogens is 443 g/mol. The molecule has 1 aromatic carbocycles. The van der Waals surface area contributed by atoms with Gasteiger partial charge >= 0.3 is 6.18 Å². The number of benzene rings is 1. The van der Waals surface area contributed by atoms with Crippen LogP contribution in [0, 0.1) is 11.3 Å². The van der Waals surface area contributed by atoms with Crippen LogP contribution in [-0.2, 0) is 19.2 Å². The largest absolute Gasteiger partial charge is 0.449 e. The summed E-state index contributed by atoms with van der Waals surface area (Å²) in [6.45, 7) is -0.611. The fourth-order valence-corrected chi connectivity index (χ4v) is 2.78. The van der Waals surface area contributed by atoms with Crippen LogP contribution in [-0.4, -0.2) is 25.3 Å². The van der Waals surface area contributed by atoms with Crippen LogP contribution in [0.4, 0.5) is 13.2 Å². The van der Waals surface area contributed by atoms with E-state index >= 15 is 0 Å². The highest BCUT2D eigenvalue weighted by Gasteiger charge is 2.39. The highest BCUT2D eigenvalue weighted by Crippen LogP contribution is 2.35. The Bertz CT molecular complexity index is 1300. The van der Waals surface area contributed by atoms with Crippen molar-refractivity contribution in [2.45, 2.75) is 19.2 Å². The number of H-pyrrole nitrogens is 2. The second-order valence-electron chi connectivity index (χ2n) is 6.13. The Morgan fingerprint density at radius 3 is 2.58 bits per heavy atom. The smallest absolute Gasteiger partial charge is 0.437 e. The van der Waals surface area contributed by atoms with Gasteiger partial charge in [0.2, 0.25) is 5.75 Å². The maximum Gasteiger partial charge on any atom is 0.437 e. The molecule has 0 aliphatic rings. The summed E-state index contributed by atoms with van der Waals surface area (Å²) < 4.78 is 45.8. The van der Waals surface area contributed by atoms with Crippen molar-refractivity contribution in [3.8, 4) is 17.6 Å². The van der Waals surface area contributed by atoms with Gasteiger partial charge in [0.15, 0.2) is 5.69 Å². The second kappa shape index (κ2) is 8.58. The summed E-state index contributed by atoms with van der Waals surface area (Å²) in [7, 11) is 0. The minimum absolute atomic E-state index is 0.0147. The zero-order chi connectivity index (χ0) is 22.8. The molecule has 3 aromatic rings. The molecule has 0 amide bonds. The quantitative estimate of drug-likeness (QED) is 0.537. The highest BCUT2D eigenvalue weighted by atomic mass is 35.5. The molecule has 3 rings (SSSR count). The fraction of sp³-hybridized carbons (Fsp3) is 0.167. The number of nitrogens with one attached hydrogen (secondary N) is 2. The topological polar surface area (TPSA) is 145 Å². The van der Waals surface area contributed by atoms with Crippen LogP contribution in [0.5, 0.6) is 11.5 Å². The number of alkyl halides is 3. The van der Waals surface area contributed by atoms with Crippen molar-refractivity contribution in [3.05, 3.63) is 78.3 Å². The number of aromatic amines is 2. The SMILES string of the molecule is N#Cc1cc(Cl)cc(Oc2c(C(F)(F)F)nc(Cc3cc(CO)c(=O)[nH]n3)[nH]c2=O)c1. The predicted octanol–water partition coefficient (Wildman–Crippen LogP) is 2.27. The molecule has 0 aliphatic carbocycles. The normalized spacial score (nSPS) is 11.2. The van der Waals surface area contributed by atoms with Crippen LogP contribution >= 0.6 is 11.6 Å². The van der Waals surface area contributed by atoms with E-state index in [0.29, 0.717) is 0 Å². The molecule has 0 radical (unpaired) electrons. The standard InChI is InChI=1S/C18H11ClF3N5O4/c19-10-1-8(6-23)2-12(4-10)31-14-15(18(20,21)22)24-13(25-17(14)30)5-11-3-9(7-28)16(29)27-26-11/h1-4,28H,5,7H2,(H,27,29)(H,24,25,30). The first-order valence-corrected chi connectivity index (χ1v) is 8.75. The molecule has 160 valence electrons. The van der Waals surface area contributed by atoms with Gasteiger partial charge in [-0.3, -0.25) is 9.59 Å². The molecule has 13 heteroatoms. The van der Waals surface area contributed by atoms with E-state index in [4.69, 9.17) is 26.7 Å². The molecule has 0 bridgehead atoms. The molecule has 2 heterocycles. The first-order valence-electron chi connectivity index (χ1n) is 8.38. The van der Waals surface area contributed by atoms with E-state index in [-0.39, 0.29) is 34.0 Å². The van der Waals surface area contributed by atoms with Crippen LogP contribution < -0.4 is 15.9 Å². The number of aromatic nitrogens is 4. The summed E-state index contributed by atoms with van der Waals surface area (Å²) in [6, 6.07) is 6.45. The van der Waals surface area contributed by atoms with Crippen LogP contribution in [0.3, 0.4) is 0 Å². The zero-order valence-electron chi connectivity index (χ0n) is 15.2. The lowest BCUT2D eigenvalue weighted by Gasteiger charge is -2.14. The highest BCUT2D eigenvalue weighted by molar-refractivity contribution is 6.30. The lowest BCUT2D eigenvalue weighted by Crippen LogP contribution is -2.23. The Hall–Kier alpha value is -3.69. The van der Waals surface area contributed by atoms with Crippen LogP contribution in [0.25, 0.3) is 0 Å². The van der Waals surface area contributed by atoms with Gasteiger partial charge in [-0.05, 0) is 24.3 Å². The molecular formula is C18H11ClF3N5O4. The summed E-state index contributed by atoms with van der Waals surface area (Å²) in [4.78, 5) is 29.4.